The molecule has 0 spiro atoms. The summed E-state index contributed by atoms with van der Waals surface area (Å²) in [4.78, 5) is 16.7. The maximum atomic E-state index is 12.8. The SMILES string of the molecule is COc1cc(NC(=O)N2CCN(c3ccc(-c4cccc5ccccc45)nn3)CC2)cc(OC)c1. The highest BCUT2D eigenvalue weighted by Crippen LogP contribution is 2.28. The third-order valence-electron chi connectivity index (χ3n) is 6.21. The first-order valence-corrected chi connectivity index (χ1v) is 11.5. The molecular weight excluding hydrogens is 442 g/mol. The van der Waals surface area contributed by atoms with E-state index in [2.05, 4.69) is 44.7 Å². The molecule has 1 N–H and O–H groups in total. The van der Waals surface area contributed by atoms with Gasteiger partial charge in [0.15, 0.2) is 5.82 Å². The van der Waals surface area contributed by atoms with E-state index in [1.165, 1.54) is 5.39 Å². The lowest BCUT2D eigenvalue weighted by molar-refractivity contribution is 0.208. The summed E-state index contributed by atoms with van der Waals surface area (Å²) in [5.41, 5.74) is 2.54. The molecule has 0 bridgehead atoms. The maximum absolute atomic E-state index is 12.8. The van der Waals surface area contributed by atoms with Crippen LogP contribution in [0.3, 0.4) is 0 Å². The number of hydrogen-bond acceptors (Lipinski definition) is 6. The number of hydrogen-bond donors (Lipinski definition) is 1. The minimum Gasteiger partial charge on any atom is -0.497 e. The van der Waals surface area contributed by atoms with E-state index in [1.807, 2.05) is 30.3 Å². The number of piperazine rings is 1. The van der Waals surface area contributed by atoms with Crippen LogP contribution >= 0.6 is 0 Å². The van der Waals surface area contributed by atoms with E-state index in [-0.39, 0.29) is 6.03 Å². The molecule has 8 heteroatoms. The molecule has 1 aromatic heterocycles. The first-order chi connectivity index (χ1) is 17.1. The fourth-order valence-corrected chi connectivity index (χ4v) is 4.31. The van der Waals surface area contributed by atoms with Crippen molar-refractivity contribution in [2.75, 3.05) is 50.6 Å². The molecule has 1 saturated heterocycles. The van der Waals surface area contributed by atoms with Gasteiger partial charge in [0.1, 0.15) is 11.5 Å². The summed E-state index contributed by atoms with van der Waals surface area (Å²) < 4.78 is 10.6. The molecule has 0 unspecified atom stereocenters. The first kappa shape index (κ1) is 22.5. The zero-order valence-electron chi connectivity index (χ0n) is 19.8. The van der Waals surface area contributed by atoms with Gasteiger partial charge in [-0.25, -0.2) is 4.79 Å². The largest absolute Gasteiger partial charge is 0.497 e. The van der Waals surface area contributed by atoms with Crippen molar-refractivity contribution in [3.05, 3.63) is 72.8 Å². The molecule has 4 aromatic rings. The van der Waals surface area contributed by atoms with Crippen molar-refractivity contribution in [2.24, 2.45) is 0 Å². The standard InChI is InChI=1S/C27H27N5O3/c1-34-21-16-20(17-22(18-21)35-2)28-27(33)32-14-12-31(13-15-32)26-11-10-25(29-30-26)24-9-5-7-19-6-3-4-8-23(19)24/h3-11,16-18H,12-15H2,1-2H3,(H,28,33). The van der Waals surface area contributed by atoms with Crippen LogP contribution in [-0.2, 0) is 0 Å². The molecule has 0 radical (unpaired) electrons. The molecule has 0 aliphatic carbocycles. The lowest BCUT2D eigenvalue weighted by Crippen LogP contribution is -2.50. The lowest BCUT2D eigenvalue weighted by atomic mass is 10.0. The minimum atomic E-state index is -0.155. The Kier molecular flexibility index (Phi) is 6.34. The fourth-order valence-electron chi connectivity index (χ4n) is 4.31. The molecule has 3 aromatic carbocycles. The predicted molar refractivity (Wildman–Crippen MR) is 137 cm³/mol. The molecule has 1 aliphatic heterocycles. The van der Waals surface area contributed by atoms with Crippen LogP contribution in [0.15, 0.2) is 72.8 Å². The molecule has 178 valence electrons. The normalized spacial score (nSPS) is 13.5. The number of aromatic nitrogens is 2. The Labute approximate surface area is 204 Å². The topological polar surface area (TPSA) is 79.8 Å². The van der Waals surface area contributed by atoms with Crippen LogP contribution in [0.2, 0.25) is 0 Å². The Bertz CT molecular complexity index is 1310. The molecule has 2 amide bonds. The van der Waals surface area contributed by atoms with Crippen LogP contribution in [0.25, 0.3) is 22.0 Å². The van der Waals surface area contributed by atoms with Gasteiger partial charge in [0.05, 0.1) is 19.9 Å². The fraction of sp³-hybridized carbons (Fsp3) is 0.222. The molecule has 1 fully saturated rings. The molecule has 8 nitrogen and oxygen atoms in total. The van der Waals surface area contributed by atoms with Crippen molar-refractivity contribution in [3.63, 3.8) is 0 Å². The lowest BCUT2D eigenvalue weighted by Gasteiger charge is -2.35. The van der Waals surface area contributed by atoms with Crippen molar-refractivity contribution in [2.45, 2.75) is 0 Å². The van der Waals surface area contributed by atoms with E-state index < -0.39 is 0 Å². The quantitative estimate of drug-likeness (QED) is 0.458. The van der Waals surface area contributed by atoms with Gasteiger partial charge in [-0.05, 0) is 22.9 Å². The molecule has 0 atom stereocenters. The third kappa shape index (κ3) is 4.82. The van der Waals surface area contributed by atoms with Gasteiger partial charge in [-0.15, -0.1) is 10.2 Å². The van der Waals surface area contributed by atoms with Crippen molar-refractivity contribution >= 4 is 28.3 Å². The minimum absolute atomic E-state index is 0.155. The molecular formula is C27H27N5O3. The third-order valence-corrected chi connectivity index (χ3v) is 6.21. The van der Waals surface area contributed by atoms with E-state index in [4.69, 9.17) is 9.47 Å². The smallest absolute Gasteiger partial charge is 0.321 e. The number of methoxy groups -OCH3 is 2. The van der Waals surface area contributed by atoms with Gasteiger partial charge in [-0.1, -0.05) is 42.5 Å². The van der Waals surface area contributed by atoms with Gasteiger partial charge in [0, 0.05) is 55.6 Å². The number of rotatable bonds is 5. The Hall–Kier alpha value is -4.33. The van der Waals surface area contributed by atoms with Gasteiger partial charge in [0.25, 0.3) is 0 Å². The number of nitrogens with one attached hydrogen (secondary N) is 1. The number of amides is 2. The Morgan fingerprint density at radius 1 is 0.829 bits per heavy atom. The maximum Gasteiger partial charge on any atom is 0.321 e. The first-order valence-electron chi connectivity index (χ1n) is 11.5. The summed E-state index contributed by atoms with van der Waals surface area (Å²) in [6.45, 7) is 2.52. The number of ether oxygens (including phenoxy) is 2. The number of fused-ring (bicyclic) bond motifs is 1. The average Bonchev–Trinajstić information content (AvgIpc) is 2.92. The van der Waals surface area contributed by atoms with Crippen molar-refractivity contribution in [3.8, 4) is 22.8 Å². The summed E-state index contributed by atoms with van der Waals surface area (Å²) in [7, 11) is 3.16. The molecule has 35 heavy (non-hydrogen) atoms. The summed E-state index contributed by atoms with van der Waals surface area (Å²) in [6.07, 6.45) is 0. The van der Waals surface area contributed by atoms with Gasteiger partial charge >= 0.3 is 6.03 Å². The molecule has 2 heterocycles. The van der Waals surface area contributed by atoms with Crippen molar-refractivity contribution < 1.29 is 14.3 Å². The average molecular weight is 470 g/mol. The van der Waals surface area contributed by atoms with Crippen LogP contribution in [-0.4, -0.2) is 61.5 Å². The Morgan fingerprint density at radius 2 is 1.54 bits per heavy atom. The summed E-state index contributed by atoms with van der Waals surface area (Å²) in [5.74, 6) is 2.05. The van der Waals surface area contributed by atoms with E-state index >= 15 is 0 Å². The predicted octanol–water partition coefficient (Wildman–Crippen LogP) is 4.67. The number of urea groups is 1. The van der Waals surface area contributed by atoms with E-state index in [0.29, 0.717) is 43.4 Å². The van der Waals surface area contributed by atoms with Crippen molar-refractivity contribution in [1.82, 2.24) is 15.1 Å². The van der Waals surface area contributed by atoms with E-state index in [0.717, 1.165) is 22.5 Å². The van der Waals surface area contributed by atoms with Gasteiger partial charge in [0.2, 0.25) is 0 Å². The number of benzene rings is 3. The monoisotopic (exact) mass is 469 g/mol. The zero-order chi connectivity index (χ0) is 24.2. The summed E-state index contributed by atoms with van der Waals surface area (Å²) >= 11 is 0. The Balaban J connectivity index is 1.22. The highest BCUT2D eigenvalue weighted by molar-refractivity contribution is 5.95. The van der Waals surface area contributed by atoms with Crippen LogP contribution < -0.4 is 19.7 Å². The molecule has 0 saturated carbocycles. The molecule has 1 aliphatic rings. The van der Waals surface area contributed by atoms with Gasteiger partial charge in [-0.3, -0.25) is 0 Å². The van der Waals surface area contributed by atoms with Crippen LogP contribution in [0.5, 0.6) is 11.5 Å². The summed E-state index contributed by atoms with van der Waals surface area (Å²) in [5, 5.41) is 14.3. The van der Waals surface area contributed by atoms with E-state index in [1.54, 1.807) is 37.3 Å². The second-order valence-electron chi connectivity index (χ2n) is 8.31. The van der Waals surface area contributed by atoms with Crippen LogP contribution in [0.4, 0.5) is 16.3 Å². The second-order valence-corrected chi connectivity index (χ2v) is 8.31. The van der Waals surface area contributed by atoms with Gasteiger partial charge in [-0.2, -0.15) is 0 Å². The van der Waals surface area contributed by atoms with Gasteiger partial charge < -0.3 is 24.6 Å². The van der Waals surface area contributed by atoms with Crippen LogP contribution in [0.1, 0.15) is 0 Å². The van der Waals surface area contributed by atoms with Crippen molar-refractivity contribution in [1.29, 1.82) is 0 Å². The number of carbonyl (C=O) groups excluding carboxylic acids is 1. The highest BCUT2D eigenvalue weighted by Gasteiger charge is 2.22. The highest BCUT2D eigenvalue weighted by atomic mass is 16.5. The number of nitrogens with zero attached hydrogens (tertiary/aromatic N) is 4. The Morgan fingerprint density at radius 3 is 2.23 bits per heavy atom. The zero-order valence-corrected chi connectivity index (χ0v) is 19.8. The van der Waals surface area contributed by atoms with E-state index in [9.17, 15) is 4.79 Å². The number of anilines is 2. The summed E-state index contributed by atoms with van der Waals surface area (Å²) in [6, 6.07) is 23.6. The second kappa shape index (κ2) is 9.89. The van der Waals surface area contributed by atoms with Crippen LogP contribution in [0, 0.1) is 0 Å². The molecule has 5 rings (SSSR count). The number of carbonyl (C=O) groups is 1.